The van der Waals surface area contributed by atoms with Gasteiger partial charge in [0.15, 0.2) is 0 Å². The van der Waals surface area contributed by atoms with E-state index in [0.29, 0.717) is 37.7 Å². The summed E-state index contributed by atoms with van der Waals surface area (Å²) < 4.78 is 0. The van der Waals surface area contributed by atoms with Gasteiger partial charge in [0.2, 0.25) is 0 Å². The molecule has 0 bridgehead atoms. The van der Waals surface area contributed by atoms with E-state index in [1.165, 1.54) is 4.90 Å². The number of carboxylic acid groups (broad SMARTS) is 1. The topological polar surface area (TPSA) is 68.7 Å². The van der Waals surface area contributed by atoms with Gasteiger partial charge in [0, 0.05) is 38.1 Å². The summed E-state index contributed by atoms with van der Waals surface area (Å²) in [5.74, 6) is 0. The average molecular weight is 347 g/mol. The number of piperazine rings is 1. The molecular weight excluding hydrogens is 328 g/mol. The highest BCUT2D eigenvalue weighted by Crippen LogP contribution is 2.29. The molecule has 1 aromatic carbocycles. The Balaban J connectivity index is 1.62. The van der Waals surface area contributed by atoms with E-state index in [1.54, 1.807) is 6.20 Å². The Bertz CT molecular complexity index is 703. The largest absolute Gasteiger partial charge is 0.465 e. The van der Waals surface area contributed by atoms with Crippen LogP contribution in [0.3, 0.4) is 0 Å². The van der Waals surface area contributed by atoms with Crippen molar-refractivity contribution in [3.05, 3.63) is 53.3 Å². The zero-order chi connectivity index (χ0) is 16.9. The lowest BCUT2D eigenvalue weighted by Crippen LogP contribution is -2.48. The Morgan fingerprint density at radius 2 is 2.00 bits per heavy atom. The molecule has 0 spiro atoms. The maximum absolute atomic E-state index is 11.0. The van der Waals surface area contributed by atoms with Gasteiger partial charge < -0.3 is 20.2 Å². The van der Waals surface area contributed by atoms with Crippen LogP contribution >= 0.6 is 11.6 Å². The van der Waals surface area contributed by atoms with Crippen LogP contribution in [0.25, 0.3) is 0 Å². The molecular formula is C17H19ClN4O2. The van der Waals surface area contributed by atoms with Crippen molar-refractivity contribution in [2.24, 2.45) is 0 Å². The summed E-state index contributed by atoms with van der Waals surface area (Å²) in [5.41, 5.74) is 2.83. The summed E-state index contributed by atoms with van der Waals surface area (Å²) >= 11 is 6.42. The van der Waals surface area contributed by atoms with Gasteiger partial charge in [-0.1, -0.05) is 17.7 Å². The molecule has 0 aliphatic carbocycles. The number of hydrogen-bond acceptors (Lipinski definition) is 4. The van der Waals surface area contributed by atoms with E-state index in [4.69, 9.17) is 16.7 Å². The quantitative estimate of drug-likeness (QED) is 0.890. The van der Waals surface area contributed by atoms with E-state index in [9.17, 15) is 4.79 Å². The SMILES string of the molecule is O=C(O)N1CCN(c2ccc(NCc3ccccn3)cc2Cl)CC1. The number of nitrogens with one attached hydrogen (secondary N) is 1. The molecule has 2 heterocycles. The van der Waals surface area contributed by atoms with Crippen LogP contribution in [0.5, 0.6) is 0 Å². The van der Waals surface area contributed by atoms with E-state index < -0.39 is 6.09 Å². The van der Waals surface area contributed by atoms with Gasteiger partial charge in [0.1, 0.15) is 0 Å². The van der Waals surface area contributed by atoms with Gasteiger partial charge in [-0.05, 0) is 30.3 Å². The van der Waals surface area contributed by atoms with Crippen molar-refractivity contribution in [2.45, 2.75) is 6.54 Å². The van der Waals surface area contributed by atoms with Gasteiger partial charge in [0.25, 0.3) is 0 Å². The minimum absolute atomic E-state index is 0.491. The van der Waals surface area contributed by atoms with E-state index >= 15 is 0 Å². The summed E-state index contributed by atoms with van der Waals surface area (Å²) in [6.07, 6.45) is 0.902. The Kier molecular flexibility index (Phi) is 5.05. The molecule has 7 heteroatoms. The van der Waals surface area contributed by atoms with Crippen molar-refractivity contribution in [3.63, 3.8) is 0 Å². The molecule has 1 amide bonds. The van der Waals surface area contributed by atoms with Crippen molar-refractivity contribution in [3.8, 4) is 0 Å². The average Bonchev–Trinajstić information content (AvgIpc) is 2.61. The molecule has 3 rings (SSSR count). The molecule has 0 atom stereocenters. The van der Waals surface area contributed by atoms with Gasteiger partial charge in [-0.15, -0.1) is 0 Å². The number of halogens is 1. The zero-order valence-electron chi connectivity index (χ0n) is 13.2. The number of benzene rings is 1. The number of pyridine rings is 1. The molecule has 0 radical (unpaired) electrons. The van der Waals surface area contributed by atoms with Crippen LogP contribution in [0.1, 0.15) is 5.69 Å². The smallest absolute Gasteiger partial charge is 0.407 e. The maximum atomic E-state index is 11.0. The fourth-order valence-corrected chi connectivity index (χ4v) is 3.01. The lowest BCUT2D eigenvalue weighted by Gasteiger charge is -2.35. The van der Waals surface area contributed by atoms with E-state index in [2.05, 4.69) is 15.2 Å². The molecule has 1 aliphatic heterocycles. The van der Waals surface area contributed by atoms with Crippen LogP contribution in [0.15, 0.2) is 42.6 Å². The number of nitrogens with zero attached hydrogens (tertiary/aromatic N) is 3. The first-order valence-electron chi connectivity index (χ1n) is 7.79. The number of amides is 1. The minimum atomic E-state index is -0.866. The van der Waals surface area contributed by atoms with Crippen molar-refractivity contribution in [1.82, 2.24) is 9.88 Å². The molecule has 6 nitrogen and oxygen atoms in total. The predicted octanol–water partition coefficient (Wildman–Crippen LogP) is 3.15. The van der Waals surface area contributed by atoms with Crippen LogP contribution in [0, 0.1) is 0 Å². The van der Waals surface area contributed by atoms with Crippen LogP contribution < -0.4 is 10.2 Å². The molecule has 24 heavy (non-hydrogen) atoms. The first-order chi connectivity index (χ1) is 11.6. The normalized spacial score (nSPS) is 14.5. The molecule has 2 aromatic rings. The standard InChI is InChI=1S/C17H19ClN4O2/c18-15-11-13(20-12-14-3-1-2-6-19-14)4-5-16(15)21-7-9-22(10-8-21)17(23)24/h1-6,11,20H,7-10,12H2,(H,23,24). The van der Waals surface area contributed by atoms with Crippen LogP contribution in [-0.4, -0.2) is 47.3 Å². The fraction of sp³-hybridized carbons (Fsp3) is 0.294. The summed E-state index contributed by atoms with van der Waals surface area (Å²) in [7, 11) is 0. The number of aromatic nitrogens is 1. The van der Waals surface area contributed by atoms with E-state index in [0.717, 1.165) is 17.1 Å². The van der Waals surface area contributed by atoms with Crippen LogP contribution in [0.4, 0.5) is 16.2 Å². The van der Waals surface area contributed by atoms with Gasteiger partial charge >= 0.3 is 6.09 Å². The van der Waals surface area contributed by atoms with Crippen LogP contribution in [0.2, 0.25) is 5.02 Å². The van der Waals surface area contributed by atoms with Gasteiger partial charge in [-0.25, -0.2) is 4.79 Å². The highest BCUT2D eigenvalue weighted by Gasteiger charge is 2.21. The molecule has 1 fully saturated rings. The predicted molar refractivity (Wildman–Crippen MR) is 94.8 cm³/mol. The molecule has 1 saturated heterocycles. The number of anilines is 2. The summed E-state index contributed by atoms with van der Waals surface area (Å²) in [6, 6.07) is 11.7. The third-order valence-electron chi connectivity index (χ3n) is 4.04. The lowest BCUT2D eigenvalue weighted by molar-refractivity contribution is 0.142. The first kappa shape index (κ1) is 16.4. The summed E-state index contributed by atoms with van der Waals surface area (Å²) in [4.78, 5) is 18.8. The van der Waals surface area contributed by atoms with Crippen molar-refractivity contribution < 1.29 is 9.90 Å². The molecule has 126 valence electrons. The monoisotopic (exact) mass is 346 g/mol. The Morgan fingerprint density at radius 3 is 2.62 bits per heavy atom. The zero-order valence-corrected chi connectivity index (χ0v) is 13.9. The second kappa shape index (κ2) is 7.40. The third kappa shape index (κ3) is 3.89. The van der Waals surface area contributed by atoms with Crippen LogP contribution in [-0.2, 0) is 6.54 Å². The second-order valence-corrected chi connectivity index (χ2v) is 6.00. The molecule has 0 unspecified atom stereocenters. The number of hydrogen-bond donors (Lipinski definition) is 2. The Labute approximate surface area is 145 Å². The summed E-state index contributed by atoms with van der Waals surface area (Å²) in [5, 5.41) is 13.0. The Hall–Kier alpha value is -2.47. The lowest BCUT2D eigenvalue weighted by atomic mass is 10.2. The third-order valence-corrected chi connectivity index (χ3v) is 4.34. The van der Waals surface area contributed by atoms with Gasteiger partial charge in [-0.3, -0.25) is 4.98 Å². The highest BCUT2D eigenvalue weighted by atomic mass is 35.5. The Morgan fingerprint density at radius 1 is 1.21 bits per heavy atom. The highest BCUT2D eigenvalue weighted by molar-refractivity contribution is 6.33. The fourth-order valence-electron chi connectivity index (χ4n) is 2.71. The van der Waals surface area contributed by atoms with Gasteiger partial charge in [-0.2, -0.15) is 0 Å². The molecule has 1 aromatic heterocycles. The minimum Gasteiger partial charge on any atom is -0.465 e. The second-order valence-electron chi connectivity index (χ2n) is 5.60. The molecule has 2 N–H and O–H groups in total. The first-order valence-corrected chi connectivity index (χ1v) is 8.17. The number of rotatable bonds is 4. The van der Waals surface area contributed by atoms with E-state index in [-0.39, 0.29) is 0 Å². The molecule has 0 saturated carbocycles. The maximum Gasteiger partial charge on any atom is 0.407 e. The van der Waals surface area contributed by atoms with E-state index in [1.807, 2.05) is 36.4 Å². The van der Waals surface area contributed by atoms with Crippen molar-refractivity contribution in [1.29, 1.82) is 0 Å². The molecule has 1 aliphatic rings. The number of carbonyl (C=O) groups is 1. The summed E-state index contributed by atoms with van der Waals surface area (Å²) in [6.45, 7) is 2.91. The van der Waals surface area contributed by atoms with Crippen molar-refractivity contribution in [2.75, 3.05) is 36.4 Å². The van der Waals surface area contributed by atoms with Crippen molar-refractivity contribution >= 4 is 29.1 Å². The van der Waals surface area contributed by atoms with Gasteiger partial charge in [0.05, 0.1) is 22.9 Å².